The molecule has 0 spiro atoms. The number of ether oxygens (including phenoxy) is 1. The molecule has 0 radical (unpaired) electrons. The van der Waals surface area contributed by atoms with E-state index in [1.807, 2.05) is 26.0 Å². The highest BCUT2D eigenvalue weighted by atomic mass is 19.1. The van der Waals surface area contributed by atoms with E-state index in [1.165, 1.54) is 17.2 Å². The third kappa shape index (κ3) is 4.44. The largest absolute Gasteiger partial charge is 0.488 e. The van der Waals surface area contributed by atoms with E-state index in [0.717, 1.165) is 67.7 Å². The van der Waals surface area contributed by atoms with Gasteiger partial charge in [0.1, 0.15) is 18.2 Å². The van der Waals surface area contributed by atoms with Gasteiger partial charge < -0.3 is 14.7 Å². The first-order valence-electron chi connectivity index (χ1n) is 11.7. The highest BCUT2D eigenvalue weighted by molar-refractivity contribution is 5.87. The zero-order chi connectivity index (χ0) is 22.7. The average Bonchev–Trinajstić information content (AvgIpc) is 3.62. The molecule has 0 atom stereocenters. The summed E-state index contributed by atoms with van der Waals surface area (Å²) in [5, 5.41) is 9.51. The van der Waals surface area contributed by atoms with E-state index in [1.54, 1.807) is 6.07 Å². The summed E-state index contributed by atoms with van der Waals surface area (Å²) in [4.78, 5) is 13.9. The molecule has 2 aliphatic heterocycles. The second-order valence-electron chi connectivity index (χ2n) is 8.75. The monoisotopic (exact) mass is 437 g/mol. The van der Waals surface area contributed by atoms with Gasteiger partial charge in [0.05, 0.1) is 5.41 Å². The molecular formula is C27H32FNO3. The van der Waals surface area contributed by atoms with Gasteiger partial charge in [-0.05, 0) is 61.4 Å². The first-order chi connectivity index (χ1) is 15.6. The van der Waals surface area contributed by atoms with Crippen molar-refractivity contribution in [3.05, 3.63) is 76.4 Å². The fraction of sp³-hybridized carbons (Fsp3) is 0.444. The lowest BCUT2D eigenvalue weighted by atomic mass is 9.85. The maximum atomic E-state index is 13.9. The van der Waals surface area contributed by atoms with Gasteiger partial charge in [0.25, 0.3) is 0 Å². The molecule has 0 amide bonds. The van der Waals surface area contributed by atoms with Crippen LogP contribution in [0.15, 0.2) is 59.4 Å². The van der Waals surface area contributed by atoms with Gasteiger partial charge in [-0.2, -0.15) is 0 Å². The van der Waals surface area contributed by atoms with Gasteiger partial charge in [-0.3, -0.25) is 4.79 Å². The lowest BCUT2D eigenvalue weighted by Gasteiger charge is -2.32. The third-order valence-corrected chi connectivity index (χ3v) is 6.73. The Bertz CT molecular complexity index is 1000. The summed E-state index contributed by atoms with van der Waals surface area (Å²) in [5.41, 5.74) is 4.99. The Hall–Kier alpha value is -2.66. The van der Waals surface area contributed by atoms with Gasteiger partial charge >= 0.3 is 5.97 Å². The number of nitrogens with zero attached hydrogens (tertiary/aromatic N) is 1. The lowest BCUT2D eigenvalue weighted by molar-refractivity contribution is -0.144. The summed E-state index contributed by atoms with van der Waals surface area (Å²) in [6, 6.07) is 4.99. The van der Waals surface area contributed by atoms with Crippen LogP contribution < -0.4 is 0 Å². The van der Waals surface area contributed by atoms with E-state index in [-0.39, 0.29) is 5.82 Å². The molecular weight excluding hydrogens is 405 g/mol. The van der Waals surface area contributed by atoms with Crippen molar-refractivity contribution < 1.29 is 19.0 Å². The molecule has 32 heavy (non-hydrogen) atoms. The number of benzene rings is 1. The number of halogens is 1. The fourth-order valence-corrected chi connectivity index (χ4v) is 4.80. The molecule has 1 aromatic rings. The molecule has 0 bridgehead atoms. The van der Waals surface area contributed by atoms with Crippen LogP contribution in [-0.4, -0.2) is 35.6 Å². The lowest BCUT2D eigenvalue weighted by Crippen LogP contribution is -2.38. The van der Waals surface area contributed by atoms with Crippen molar-refractivity contribution >= 4 is 11.5 Å². The number of carboxylic acid groups (broad SMARTS) is 1. The average molecular weight is 438 g/mol. The standard InChI is InChI=1S/C25H26FNO3.C2H6/c26-19-6-7-20-18(14-19)15-30-22-5-3-1-2-4-21(22)23(20)17-8-12-27(13-9-17)16-25(10-11-25)24(28)29;1-2/h2-7,14H,1,8-13,15-16H2,(H,28,29);1-2H3. The minimum absolute atomic E-state index is 0.247. The first-order valence-corrected chi connectivity index (χ1v) is 11.7. The quantitative estimate of drug-likeness (QED) is 0.643. The summed E-state index contributed by atoms with van der Waals surface area (Å²) in [7, 11) is 0. The maximum Gasteiger partial charge on any atom is 0.310 e. The highest BCUT2D eigenvalue weighted by Gasteiger charge is 2.51. The molecule has 2 fully saturated rings. The number of rotatable bonds is 3. The van der Waals surface area contributed by atoms with E-state index < -0.39 is 11.4 Å². The Morgan fingerprint density at radius 1 is 1.16 bits per heavy atom. The Labute approximate surface area is 189 Å². The number of likely N-dealkylation sites (tertiary alicyclic amines) is 1. The van der Waals surface area contributed by atoms with Gasteiger partial charge in [-0.25, -0.2) is 4.39 Å². The van der Waals surface area contributed by atoms with Crippen molar-refractivity contribution in [3.8, 4) is 0 Å². The predicted molar refractivity (Wildman–Crippen MR) is 124 cm³/mol. The molecule has 2 aliphatic carbocycles. The normalized spacial score (nSPS) is 21.5. The smallest absolute Gasteiger partial charge is 0.310 e. The number of carbonyl (C=O) groups is 1. The molecule has 0 aromatic heterocycles. The zero-order valence-corrected chi connectivity index (χ0v) is 19.0. The van der Waals surface area contributed by atoms with Crippen molar-refractivity contribution in [1.82, 2.24) is 4.90 Å². The Morgan fingerprint density at radius 2 is 1.88 bits per heavy atom. The summed E-state index contributed by atoms with van der Waals surface area (Å²) >= 11 is 0. The molecule has 4 aliphatic rings. The summed E-state index contributed by atoms with van der Waals surface area (Å²) < 4.78 is 20.0. The molecule has 1 N–H and O–H groups in total. The SMILES string of the molecule is CC.O=C(O)C1(CN2CCC(=C3C4=C(C=CCC=C4)OCc4cc(F)ccc43)CC2)CC1. The van der Waals surface area contributed by atoms with Crippen LogP contribution in [0.4, 0.5) is 4.39 Å². The Balaban J connectivity index is 0.00000119. The van der Waals surface area contributed by atoms with E-state index in [9.17, 15) is 14.3 Å². The van der Waals surface area contributed by atoms with Gasteiger partial charge in [0.2, 0.25) is 0 Å². The van der Waals surface area contributed by atoms with E-state index >= 15 is 0 Å². The van der Waals surface area contributed by atoms with Crippen molar-refractivity contribution in [3.63, 3.8) is 0 Å². The Kier molecular flexibility index (Phi) is 6.66. The van der Waals surface area contributed by atoms with Crippen molar-refractivity contribution in [2.75, 3.05) is 19.6 Å². The van der Waals surface area contributed by atoms with Gasteiger partial charge in [-0.1, -0.05) is 43.7 Å². The van der Waals surface area contributed by atoms with Crippen molar-refractivity contribution in [1.29, 1.82) is 0 Å². The molecule has 4 nitrogen and oxygen atoms in total. The van der Waals surface area contributed by atoms with Crippen LogP contribution in [0, 0.1) is 11.2 Å². The molecule has 0 unspecified atom stereocenters. The van der Waals surface area contributed by atoms with Gasteiger partial charge in [0, 0.05) is 30.8 Å². The molecule has 1 saturated heterocycles. The van der Waals surface area contributed by atoms with Crippen molar-refractivity contribution in [2.24, 2.45) is 5.41 Å². The van der Waals surface area contributed by atoms with Gasteiger partial charge in [-0.15, -0.1) is 0 Å². The molecule has 2 heterocycles. The number of aliphatic carboxylic acids is 1. The molecule has 170 valence electrons. The summed E-state index contributed by atoms with van der Waals surface area (Å²) in [6.07, 6.45) is 12.6. The second-order valence-corrected chi connectivity index (χ2v) is 8.75. The molecule has 5 heteroatoms. The molecule has 5 rings (SSSR count). The van der Waals surface area contributed by atoms with Crippen LogP contribution in [0.1, 0.15) is 57.1 Å². The third-order valence-electron chi connectivity index (χ3n) is 6.73. The van der Waals surface area contributed by atoms with E-state index in [4.69, 9.17) is 4.74 Å². The number of hydrogen-bond acceptors (Lipinski definition) is 3. The van der Waals surface area contributed by atoms with Crippen molar-refractivity contribution in [2.45, 2.75) is 52.6 Å². The Morgan fingerprint density at radius 3 is 2.56 bits per heavy atom. The van der Waals surface area contributed by atoms with E-state index in [2.05, 4.69) is 23.1 Å². The summed E-state index contributed by atoms with van der Waals surface area (Å²) in [5.74, 6) is -0.0649. The number of hydrogen-bond donors (Lipinski definition) is 1. The molecule has 1 aromatic carbocycles. The highest BCUT2D eigenvalue weighted by Crippen LogP contribution is 2.47. The van der Waals surface area contributed by atoms with Crippen LogP contribution >= 0.6 is 0 Å². The fourth-order valence-electron chi connectivity index (χ4n) is 4.80. The van der Waals surface area contributed by atoms with Crippen LogP contribution in [0.3, 0.4) is 0 Å². The molecule has 1 saturated carbocycles. The van der Waals surface area contributed by atoms with Crippen LogP contribution in [0.25, 0.3) is 5.57 Å². The first kappa shape index (κ1) is 22.5. The van der Waals surface area contributed by atoms with E-state index in [0.29, 0.717) is 13.2 Å². The predicted octanol–water partition coefficient (Wildman–Crippen LogP) is 5.87. The minimum Gasteiger partial charge on any atom is -0.488 e. The van der Waals surface area contributed by atoms with Crippen LogP contribution in [0.5, 0.6) is 0 Å². The zero-order valence-electron chi connectivity index (χ0n) is 19.0. The number of piperidine rings is 1. The van der Waals surface area contributed by atoms with Crippen LogP contribution in [-0.2, 0) is 16.1 Å². The topological polar surface area (TPSA) is 49.8 Å². The second kappa shape index (κ2) is 9.45. The van der Waals surface area contributed by atoms with Crippen LogP contribution in [0.2, 0.25) is 0 Å². The number of allylic oxidation sites excluding steroid dienone is 6. The number of fused-ring (bicyclic) bond motifs is 1. The van der Waals surface area contributed by atoms with Gasteiger partial charge in [0.15, 0.2) is 0 Å². The number of carboxylic acids is 1. The summed E-state index contributed by atoms with van der Waals surface area (Å²) in [6.45, 7) is 6.71. The minimum atomic E-state index is -0.659. The maximum absolute atomic E-state index is 13.9.